The summed E-state index contributed by atoms with van der Waals surface area (Å²) >= 11 is 1.44. The summed E-state index contributed by atoms with van der Waals surface area (Å²) in [5.41, 5.74) is 2.75. The molecule has 31 heavy (non-hydrogen) atoms. The average molecular weight is 431 g/mol. The molecular weight excluding hydrogens is 408 g/mol. The van der Waals surface area contributed by atoms with E-state index in [0.717, 1.165) is 21.5 Å². The van der Waals surface area contributed by atoms with E-state index >= 15 is 0 Å². The molecule has 0 saturated heterocycles. The van der Waals surface area contributed by atoms with Crippen LogP contribution in [-0.2, 0) is 6.54 Å². The van der Waals surface area contributed by atoms with E-state index in [1.54, 1.807) is 6.07 Å². The number of hydrogen-bond acceptors (Lipinski definition) is 5. The number of anilines is 1. The van der Waals surface area contributed by atoms with Gasteiger partial charge in [-0.3, -0.25) is 9.48 Å². The lowest BCUT2D eigenvalue weighted by atomic mass is 10.2. The molecule has 0 unspecified atom stereocenters. The van der Waals surface area contributed by atoms with Crippen LogP contribution in [0.15, 0.2) is 60.7 Å². The van der Waals surface area contributed by atoms with Gasteiger partial charge >= 0.3 is 0 Å². The van der Waals surface area contributed by atoms with E-state index in [0.29, 0.717) is 42.3 Å². The van der Waals surface area contributed by atoms with E-state index in [1.165, 1.54) is 11.3 Å². The summed E-state index contributed by atoms with van der Waals surface area (Å²) in [7, 11) is 0. The Kier molecular flexibility index (Phi) is 6.29. The van der Waals surface area contributed by atoms with Gasteiger partial charge in [0.2, 0.25) is 0 Å². The van der Waals surface area contributed by atoms with Crippen LogP contribution >= 0.6 is 11.3 Å². The number of nitriles is 1. The van der Waals surface area contributed by atoms with Crippen molar-refractivity contribution in [1.82, 2.24) is 9.78 Å². The number of amides is 1. The fourth-order valence-electron chi connectivity index (χ4n) is 3.29. The fourth-order valence-corrected chi connectivity index (χ4v) is 4.34. The van der Waals surface area contributed by atoms with Crippen LogP contribution in [0.25, 0.3) is 10.2 Å². The first-order valence-corrected chi connectivity index (χ1v) is 10.9. The highest BCUT2D eigenvalue weighted by Gasteiger charge is 2.17. The van der Waals surface area contributed by atoms with Gasteiger partial charge in [0, 0.05) is 23.6 Å². The second-order valence-electron chi connectivity index (χ2n) is 7.15. The number of fused-ring (bicyclic) bond motifs is 1. The second kappa shape index (κ2) is 9.45. The monoisotopic (exact) mass is 430 g/mol. The molecule has 0 bridgehead atoms. The third-order valence-electron chi connectivity index (χ3n) is 4.80. The number of aromatic nitrogens is 2. The standard InChI is InChI=1S/C24H22N4O2S/c1-17-21-15-22(31-24(21)28(27-17)16-18-8-3-2-4-9-18)23(29)26-19-10-7-11-20(14-19)30-13-6-5-12-25/h2-4,7-11,14-15H,5-6,13,16H2,1H3,(H,26,29). The van der Waals surface area contributed by atoms with Crippen LogP contribution in [0.1, 0.15) is 33.8 Å². The molecule has 156 valence electrons. The molecule has 0 aliphatic heterocycles. The van der Waals surface area contributed by atoms with Gasteiger partial charge in [0.05, 0.1) is 29.8 Å². The number of aryl methyl sites for hydroxylation is 1. The van der Waals surface area contributed by atoms with E-state index in [-0.39, 0.29) is 5.91 Å². The molecule has 4 rings (SSSR count). The lowest BCUT2D eigenvalue weighted by Gasteiger charge is -2.08. The first-order valence-electron chi connectivity index (χ1n) is 10.1. The topological polar surface area (TPSA) is 79.9 Å². The molecule has 2 heterocycles. The number of nitrogens with zero attached hydrogens (tertiary/aromatic N) is 3. The Balaban J connectivity index is 1.48. The Morgan fingerprint density at radius 1 is 1.19 bits per heavy atom. The Labute approximate surface area is 184 Å². The number of nitrogens with one attached hydrogen (secondary N) is 1. The molecule has 1 amide bonds. The van der Waals surface area contributed by atoms with Crippen molar-refractivity contribution in [1.29, 1.82) is 5.26 Å². The van der Waals surface area contributed by atoms with Crippen LogP contribution in [0.3, 0.4) is 0 Å². The molecule has 2 aromatic heterocycles. The van der Waals surface area contributed by atoms with Crippen LogP contribution in [-0.4, -0.2) is 22.3 Å². The van der Waals surface area contributed by atoms with E-state index in [4.69, 9.17) is 10.00 Å². The average Bonchev–Trinajstić information content (AvgIpc) is 3.34. The van der Waals surface area contributed by atoms with Crippen LogP contribution in [0.2, 0.25) is 0 Å². The molecule has 4 aromatic rings. The van der Waals surface area contributed by atoms with E-state index in [1.807, 2.05) is 54.1 Å². The Morgan fingerprint density at radius 2 is 2.03 bits per heavy atom. The summed E-state index contributed by atoms with van der Waals surface area (Å²) < 4.78 is 7.60. The minimum atomic E-state index is -0.159. The van der Waals surface area contributed by atoms with Crippen molar-refractivity contribution in [3.05, 3.63) is 76.8 Å². The number of ether oxygens (including phenoxy) is 1. The second-order valence-corrected chi connectivity index (χ2v) is 8.18. The molecule has 0 aliphatic carbocycles. The lowest BCUT2D eigenvalue weighted by molar-refractivity contribution is 0.103. The van der Waals surface area contributed by atoms with Gasteiger partial charge in [-0.05, 0) is 37.1 Å². The van der Waals surface area contributed by atoms with Gasteiger partial charge in [-0.15, -0.1) is 11.3 Å². The molecule has 0 atom stereocenters. The third-order valence-corrected chi connectivity index (χ3v) is 5.95. The van der Waals surface area contributed by atoms with E-state index in [9.17, 15) is 4.79 Å². The lowest BCUT2D eigenvalue weighted by Crippen LogP contribution is -2.10. The van der Waals surface area contributed by atoms with E-state index < -0.39 is 0 Å². The smallest absolute Gasteiger partial charge is 0.265 e. The summed E-state index contributed by atoms with van der Waals surface area (Å²) in [6.45, 7) is 3.10. The summed E-state index contributed by atoms with van der Waals surface area (Å²) in [5, 5.41) is 17.2. The first-order chi connectivity index (χ1) is 15.1. The van der Waals surface area contributed by atoms with Crippen LogP contribution < -0.4 is 10.1 Å². The van der Waals surface area contributed by atoms with Gasteiger partial charge in [0.15, 0.2) is 0 Å². The van der Waals surface area contributed by atoms with Crippen molar-refractivity contribution in [2.75, 3.05) is 11.9 Å². The SMILES string of the molecule is Cc1nn(Cc2ccccc2)c2sc(C(=O)Nc3cccc(OCCCC#N)c3)cc12. The largest absolute Gasteiger partial charge is 0.493 e. The van der Waals surface area contributed by atoms with Gasteiger partial charge in [-0.2, -0.15) is 10.4 Å². The Morgan fingerprint density at radius 3 is 2.84 bits per heavy atom. The van der Waals surface area contributed by atoms with Crippen molar-refractivity contribution in [2.45, 2.75) is 26.3 Å². The van der Waals surface area contributed by atoms with Crippen molar-refractivity contribution in [2.24, 2.45) is 0 Å². The van der Waals surface area contributed by atoms with Gasteiger partial charge < -0.3 is 10.1 Å². The number of rotatable bonds is 8. The normalized spacial score (nSPS) is 10.7. The predicted octanol–water partition coefficient (Wildman–Crippen LogP) is 5.39. The molecule has 0 fully saturated rings. The van der Waals surface area contributed by atoms with Crippen LogP contribution in [0, 0.1) is 18.3 Å². The van der Waals surface area contributed by atoms with E-state index in [2.05, 4.69) is 28.6 Å². The van der Waals surface area contributed by atoms with Gasteiger partial charge in [-0.25, -0.2) is 0 Å². The molecule has 0 spiro atoms. The molecule has 6 nitrogen and oxygen atoms in total. The quantitative estimate of drug-likeness (QED) is 0.380. The Bertz CT molecular complexity index is 1240. The molecule has 1 N–H and O–H groups in total. The van der Waals surface area contributed by atoms with Crippen molar-refractivity contribution in [3.63, 3.8) is 0 Å². The number of unbranched alkanes of at least 4 members (excludes halogenated alkanes) is 1. The highest BCUT2D eigenvalue weighted by molar-refractivity contribution is 7.20. The summed E-state index contributed by atoms with van der Waals surface area (Å²) in [5.74, 6) is 0.509. The number of carbonyl (C=O) groups is 1. The third kappa shape index (κ3) is 4.93. The zero-order chi connectivity index (χ0) is 21.6. The van der Waals surface area contributed by atoms with Crippen molar-refractivity contribution < 1.29 is 9.53 Å². The molecular formula is C24H22N4O2S. The molecule has 0 aliphatic rings. The van der Waals surface area contributed by atoms with Crippen LogP contribution in [0.5, 0.6) is 5.75 Å². The zero-order valence-corrected chi connectivity index (χ0v) is 18.0. The van der Waals surface area contributed by atoms with Crippen molar-refractivity contribution >= 4 is 33.1 Å². The maximum Gasteiger partial charge on any atom is 0.265 e. The number of thiophene rings is 1. The summed E-state index contributed by atoms with van der Waals surface area (Å²) in [6.07, 6.45) is 1.14. The van der Waals surface area contributed by atoms with Gasteiger partial charge in [0.25, 0.3) is 5.91 Å². The minimum absolute atomic E-state index is 0.159. The number of benzene rings is 2. The maximum absolute atomic E-state index is 12.9. The van der Waals surface area contributed by atoms with Crippen molar-refractivity contribution in [3.8, 4) is 11.8 Å². The Hall–Kier alpha value is -3.63. The van der Waals surface area contributed by atoms with Gasteiger partial charge in [-0.1, -0.05) is 36.4 Å². The highest BCUT2D eigenvalue weighted by Crippen LogP contribution is 2.30. The predicted molar refractivity (Wildman–Crippen MR) is 123 cm³/mol. The fraction of sp³-hybridized carbons (Fsp3) is 0.208. The highest BCUT2D eigenvalue weighted by atomic mass is 32.1. The molecule has 0 saturated carbocycles. The zero-order valence-electron chi connectivity index (χ0n) is 17.2. The van der Waals surface area contributed by atoms with Crippen LogP contribution in [0.4, 0.5) is 5.69 Å². The first kappa shape index (κ1) is 20.6. The van der Waals surface area contributed by atoms with Gasteiger partial charge in [0.1, 0.15) is 10.6 Å². The number of hydrogen-bond donors (Lipinski definition) is 1. The molecule has 7 heteroatoms. The molecule has 2 aromatic carbocycles. The summed E-state index contributed by atoms with van der Waals surface area (Å²) in [4.78, 5) is 14.5. The number of carbonyl (C=O) groups excluding carboxylic acids is 1. The molecule has 0 radical (unpaired) electrons. The maximum atomic E-state index is 12.9. The minimum Gasteiger partial charge on any atom is -0.493 e. The summed E-state index contributed by atoms with van der Waals surface area (Å²) in [6, 6.07) is 21.4.